The first-order valence-corrected chi connectivity index (χ1v) is 11.4. The van der Waals surface area contributed by atoms with Gasteiger partial charge in [-0.25, -0.2) is 9.79 Å². The molecule has 0 radical (unpaired) electrons. The van der Waals surface area contributed by atoms with E-state index in [1.807, 2.05) is 0 Å². The molecular weight excluding hydrogens is 456 g/mol. The summed E-state index contributed by atoms with van der Waals surface area (Å²) in [5, 5.41) is 9.80. The number of ether oxygens (including phenoxy) is 3. The number of methoxy groups -OCH3 is 2. The van der Waals surface area contributed by atoms with Crippen molar-refractivity contribution in [1.82, 2.24) is 4.57 Å². The number of carbonyl (C=O) groups excluding carboxylic acids is 1. The Morgan fingerprint density at radius 2 is 2.00 bits per heavy atom. The summed E-state index contributed by atoms with van der Waals surface area (Å²) in [7, 11) is 3.07. The van der Waals surface area contributed by atoms with Gasteiger partial charge < -0.3 is 19.3 Å². The molecule has 0 saturated carbocycles. The standard InChI is InChI=1S/C25H24N2O6S/c1-5-33-24(30)21-14(2)26-25-27(22(21)18-13-17(31-3)9-10-19(18)32-4)23(29)20(34-25)12-15-7-6-8-16(28)11-15/h6-13,22,28H,5H2,1-4H3/b20-12-/t22-/m1/s1. The van der Waals surface area contributed by atoms with Gasteiger partial charge >= 0.3 is 5.97 Å². The zero-order valence-electron chi connectivity index (χ0n) is 19.2. The molecule has 9 heteroatoms. The Bertz CT molecular complexity index is 1470. The normalized spacial score (nSPS) is 15.5. The molecule has 0 fully saturated rings. The summed E-state index contributed by atoms with van der Waals surface area (Å²) < 4.78 is 18.2. The number of carbonyl (C=O) groups is 1. The maximum absolute atomic E-state index is 13.6. The molecule has 4 rings (SSSR count). The van der Waals surface area contributed by atoms with Crippen LogP contribution in [0.4, 0.5) is 0 Å². The lowest BCUT2D eigenvalue weighted by Gasteiger charge is -2.26. The van der Waals surface area contributed by atoms with Crippen molar-refractivity contribution < 1.29 is 24.1 Å². The van der Waals surface area contributed by atoms with Crippen molar-refractivity contribution in [2.24, 2.45) is 4.99 Å². The Labute approximate surface area is 199 Å². The highest BCUT2D eigenvalue weighted by Gasteiger charge is 2.35. The van der Waals surface area contributed by atoms with E-state index >= 15 is 0 Å². The van der Waals surface area contributed by atoms with E-state index < -0.39 is 12.0 Å². The molecule has 1 aromatic heterocycles. The number of nitrogens with zero attached hydrogens (tertiary/aromatic N) is 2. The Morgan fingerprint density at radius 1 is 1.21 bits per heavy atom. The van der Waals surface area contributed by atoms with Crippen LogP contribution in [-0.2, 0) is 9.53 Å². The summed E-state index contributed by atoms with van der Waals surface area (Å²) in [5.74, 6) is 0.585. The second kappa shape index (κ2) is 9.56. The Balaban J connectivity index is 2.02. The number of allylic oxidation sites excluding steroid dienone is 1. The fourth-order valence-corrected chi connectivity index (χ4v) is 4.95. The average Bonchev–Trinajstić information content (AvgIpc) is 3.12. The molecule has 8 nitrogen and oxygen atoms in total. The molecular formula is C25H24N2O6S. The molecule has 1 N–H and O–H groups in total. The first kappa shape index (κ1) is 23.3. The van der Waals surface area contributed by atoms with Gasteiger partial charge in [0.1, 0.15) is 23.3 Å². The molecule has 0 saturated heterocycles. The molecule has 176 valence electrons. The highest BCUT2D eigenvalue weighted by molar-refractivity contribution is 7.07. The summed E-state index contributed by atoms with van der Waals surface area (Å²) >= 11 is 1.20. The van der Waals surface area contributed by atoms with E-state index in [1.165, 1.54) is 23.0 Å². The van der Waals surface area contributed by atoms with Crippen LogP contribution >= 0.6 is 11.3 Å². The minimum Gasteiger partial charge on any atom is -0.508 e. The van der Waals surface area contributed by atoms with E-state index in [-0.39, 0.29) is 23.5 Å². The molecule has 1 atom stereocenters. The molecule has 1 aliphatic rings. The van der Waals surface area contributed by atoms with E-state index in [0.29, 0.717) is 37.7 Å². The van der Waals surface area contributed by atoms with Gasteiger partial charge in [0.25, 0.3) is 5.56 Å². The second-order valence-electron chi connectivity index (χ2n) is 7.51. The lowest BCUT2D eigenvalue weighted by molar-refractivity contribution is -0.139. The molecule has 0 bridgehead atoms. The van der Waals surface area contributed by atoms with Gasteiger partial charge in [-0.2, -0.15) is 0 Å². The Morgan fingerprint density at radius 3 is 2.68 bits per heavy atom. The van der Waals surface area contributed by atoms with Gasteiger partial charge in [0, 0.05) is 5.56 Å². The van der Waals surface area contributed by atoms with Gasteiger partial charge in [-0.15, -0.1) is 0 Å². The predicted molar refractivity (Wildman–Crippen MR) is 128 cm³/mol. The minimum atomic E-state index is -0.827. The fourth-order valence-electron chi connectivity index (χ4n) is 3.90. The summed E-state index contributed by atoms with van der Waals surface area (Å²) in [6.07, 6.45) is 1.69. The van der Waals surface area contributed by atoms with Crippen molar-refractivity contribution in [3.05, 3.63) is 84.5 Å². The number of hydrogen-bond donors (Lipinski definition) is 1. The molecule has 34 heavy (non-hydrogen) atoms. The van der Waals surface area contributed by atoms with Crippen LogP contribution in [0.2, 0.25) is 0 Å². The number of esters is 1. The molecule has 1 aliphatic heterocycles. The van der Waals surface area contributed by atoms with Crippen LogP contribution in [-0.4, -0.2) is 36.5 Å². The monoisotopic (exact) mass is 480 g/mol. The number of aromatic hydroxyl groups is 1. The molecule has 3 aromatic rings. The summed E-state index contributed by atoms with van der Waals surface area (Å²) in [5.41, 5.74) is 1.63. The first-order valence-electron chi connectivity index (χ1n) is 10.6. The quantitative estimate of drug-likeness (QED) is 0.545. The summed E-state index contributed by atoms with van der Waals surface area (Å²) in [6, 6.07) is 11.0. The van der Waals surface area contributed by atoms with Gasteiger partial charge in [-0.3, -0.25) is 9.36 Å². The number of thiazole rings is 1. The van der Waals surface area contributed by atoms with E-state index in [4.69, 9.17) is 14.2 Å². The molecule has 2 aromatic carbocycles. The third-order valence-corrected chi connectivity index (χ3v) is 6.40. The fraction of sp³-hybridized carbons (Fsp3) is 0.240. The Hall–Kier alpha value is -3.85. The van der Waals surface area contributed by atoms with Gasteiger partial charge in [-0.1, -0.05) is 23.5 Å². The number of benzene rings is 2. The van der Waals surface area contributed by atoms with Gasteiger partial charge in [0.05, 0.1) is 36.6 Å². The van der Waals surface area contributed by atoms with E-state index in [2.05, 4.69) is 4.99 Å². The van der Waals surface area contributed by atoms with Crippen molar-refractivity contribution in [1.29, 1.82) is 0 Å². The average molecular weight is 481 g/mol. The highest BCUT2D eigenvalue weighted by Crippen LogP contribution is 2.37. The maximum atomic E-state index is 13.6. The molecule has 0 aliphatic carbocycles. The number of phenols is 1. The zero-order chi connectivity index (χ0) is 24.4. The van der Waals surface area contributed by atoms with Crippen LogP contribution in [0.3, 0.4) is 0 Å². The number of rotatable bonds is 6. The second-order valence-corrected chi connectivity index (χ2v) is 8.51. The first-order chi connectivity index (χ1) is 16.4. The SMILES string of the molecule is CCOC(=O)C1=C(C)N=c2s/c(=C\c3cccc(O)c3)c(=O)n2[C@@H]1c1cc(OC)ccc1OC. The van der Waals surface area contributed by atoms with Crippen molar-refractivity contribution in [2.45, 2.75) is 19.9 Å². The third kappa shape index (κ3) is 4.22. The van der Waals surface area contributed by atoms with Crippen molar-refractivity contribution in [2.75, 3.05) is 20.8 Å². The molecule has 0 spiro atoms. The lowest BCUT2D eigenvalue weighted by Crippen LogP contribution is -2.40. The van der Waals surface area contributed by atoms with E-state index in [9.17, 15) is 14.7 Å². The van der Waals surface area contributed by atoms with Crippen LogP contribution in [0, 0.1) is 0 Å². The molecule has 0 amide bonds. The largest absolute Gasteiger partial charge is 0.508 e. The van der Waals surface area contributed by atoms with Crippen LogP contribution < -0.4 is 24.4 Å². The minimum absolute atomic E-state index is 0.0981. The van der Waals surface area contributed by atoms with E-state index in [0.717, 1.165) is 0 Å². The van der Waals surface area contributed by atoms with Crippen LogP contribution in [0.1, 0.15) is 31.0 Å². The number of phenolic OH excluding ortho intramolecular Hbond substituents is 1. The number of fused-ring (bicyclic) bond motifs is 1. The van der Waals surface area contributed by atoms with Crippen molar-refractivity contribution >= 4 is 23.4 Å². The summed E-state index contributed by atoms with van der Waals surface area (Å²) in [6.45, 7) is 3.62. The third-order valence-electron chi connectivity index (χ3n) is 5.42. The highest BCUT2D eigenvalue weighted by atomic mass is 32.1. The smallest absolute Gasteiger partial charge is 0.338 e. The van der Waals surface area contributed by atoms with Gasteiger partial charge in [0.15, 0.2) is 4.80 Å². The van der Waals surface area contributed by atoms with Crippen LogP contribution in [0.15, 0.2) is 63.5 Å². The van der Waals surface area contributed by atoms with Crippen LogP contribution in [0.25, 0.3) is 6.08 Å². The lowest BCUT2D eigenvalue weighted by atomic mass is 9.94. The van der Waals surface area contributed by atoms with Gasteiger partial charge in [0.2, 0.25) is 0 Å². The van der Waals surface area contributed by atoms with Gasteiger partial charge in [-0.05, 0) is 55.8 Å². The summed E-state index contributed by atoms with van der Waals surface area (Å²) in [4.78, 5) is 31.7. The predicted octanol–water partition coefficient (Wildman–Crippen LogP) is 2.52. The Kier molecular flexibility index (Phi) is 6.56. The topological polar surface area (TPSA) is 99.4 Å². The number of aromatic nitrogens is 1. The van der Waals surface area contributed by atoms with E-state index in [1.54, 1.807) is 69.5 Å². The van der Waals surface area contributed by atoms with Crippen LogP contribution in [0.5, 0.6) is 17.2 Å². The zero-order valence-corrected chi connectivity index (χ0v) is 20.0. The molecule has 0 unspecified atom stereocenters. The van der Waals surface area contributed by atoms with Crippen molar-refractivity contribution in [3.8, 4) is 17.2 Å². The van der Waals surface area contributed by atoms with Crippen molar-refractivity contribution in [3.63, 3.8) is 0 Å². The number of hydrogen-bond acceptors (Lipinski definition) is 8. The molecule has 2 heterocycles. The maximum Gasteiger partial charge on any atom is 0.338 e.